The van der Waals surface area contributed by atoms with E-state index in [-0.39, 0.29) is 0 Å². The number of para-hydroxylation sites is 1. The summed E-state index contributed by atoms with van der Waals surface area (Å²) >= 11 is 0. The molecule has 1 unspecified atom stereocenters. The summed E-state index contributed by atoms with van der Waals surface area (Å²) in [5, 5.41) is 3.34. The predicted molar refractivity (Wildman–Crippen MR) is 68.0 cm³/mol. The maximum atomic E-state index is 5.38. The van der Waals surface area contributed by atoms with Crippen LogP contribution < -0.4 is 10.1 Å². The largest absolute Gasteiger partial charge is 0.496 e. The summed E-state index contributed by atoms with van der Waals surface area (Å²) in [5.74, 6) is 0.959. The van der Waals surface area contributed by atoms with Gasteiger partial charge in [0.25, 0.3) is 0 Å². The Morgan fingerprint density at radius 1 is 1.31 bits per heavy atom. The Labute approximate surface area is 98.4 Å². The molecule has 16 heavy (non-hydrogen) atoms. The molecular weight excluding hydrogens is 200 g/mol. The van der Waals surface area contributed by atoms with Gasteiger partial charge in [0.15, 0.2) is 0 Å². The summed E-state index contributed by atoms with van der Waals surface area (Å²) in [6.45, 7) is 1.06. The van der Waals surface area contributed by atoms with E-state index in [4.69, 9.17) is 4.74 Å². The molecule has 1 atom stereocenters. The highest BCUT2D eigenvalue weighted by Gasteiger charge is 2.13. The van der Waals surface area contributed by atoms with E-state index in [1.165, 1.54) is 5.56 Å². The van der Waals surface area contributed by atoms with Gasteiger partial charge in [0.2, 0.25) is 0 Å². The highest BCUT2D eigenvalue weighted by Crippen LogP contribution is 2.26. The average molecular weight is 222 g/mol. The molecule has 0 fully saturated rings. The van der Waals surface area contributed by atoms with Crippen LogP contribution in [0.2, 0.25) is 0 Å². The van der Waals surface area contributed by atoms with Crippen molar-refractivity contribution in [1.29, 1.82) is 0 Å². The van der Waals surface area contributed by atoms with Gasteiger partial charge in [-0.05, 0) is 40.2 Å². The van der Waals surface area contributed by atoms with Crippen LogP contribution in [0, 0.1) is 0 Å². The van der Waals surface area contributed by atoms with Gasteiger partial charge < -0.3 is 15.0 Å². The Morgan fingerprint density at radius 2 is 2.00 bits per heavy atom. The molecule has 0 aliphatic carbocycles. The van der Waals surface area contributed by atoms with Crippen molar-refractivity contribution < 1.29 is 4.74 Å². The molecule has 0 saturated heterocycles. The first-order valence-corrected chi connectivity index (χ1v) is 5.64. The maximum Gasteiger partial charge on any atom is 0.123 e. The molecule has 0 aliphatic heterocycles. The van der Waals surface area contributed by atoms with Crippen molar-refractivity contribution in [1.82, 2.24) is 10.2 Å². The zero-order chi connectivity index (χ0) is 12.0. The van der Waals surface area contributed by atoms with E-state index in [1.54, 1.807) is 7.11 Å². The Bertz CT molecular complexity index is 313. The predicted octanol–water partition coefficient (Wildman–Crippen LogP) is 1.91. The Morgan fingerprint density at radius 3 is 2.56 bits per heavy atom. The summed E-state index contributed by atoms with van der Waals surface area (Å²) in [7, 11) is 7.90. The smallest absolute Gasteiger partial charge is 0.123 e. The second kappa shape index (κ2) is 6.51. The van der Waals surface area contributed by atoms with Crippen molar-refractivity contribution in [2.24, 2.45) is 0 Å². The van der Waals surface area contributed by atoms with Crippen LogP contribution in [0.5, 0.6) is 5.75 Å². The number of benzene rings is 1. The monoisotopic (exact) mass is 222 g/mol. The lowest BCUT2D eigenvalue weighted by Gasteiger charge is -2.21. The lowest BCUT2D eigenvalue weighted by Crippen LogP contribution is -2.23. The third kappa shape index (κ3) is 3.51. The minimum Gasteiger partial charge on any atom is -0.496 e. The lowest BCUT2D eigenvalue weighted by atomic mass is 10.0. The first kappa shape index (κ1) is 13.0. The summed E-state index contributed by atoms with van der Waals surface area (Å²) in [5.41, 5.74) is 1.23. The lowest BCUT2D eigenvalue weighted by molar-refractivity contribution is 0.358. The number of nitrogens with zero attached hydrogens (tertiary/aromatic N) is 1. The Balaban J connectivity index is 2.77. The molecule has 0 radical (unpaired) electrons. The van der Waals surface area contributed by atoms with Gasteiger partial charge in [-0.3, -0.25) is 0 Å². The topological polar surface area (TPSA) is 24.5 Å². The van der Waals surface area contributed by atoms with E-state index in [0.717, 1.165) is 18.7 Å². The normalized spacial score (nSPS) is 12.8. The number of rotatable bonds is 6. The van der Waals surface area contributed by atoms with Gasteiger partial charge in [-0.15, -0.1) is 0 Å². The molecule has 0 bridgehead atoms. The molecule has 1 N–H and O–H groups in total. The van der Waals surface area contributed by atoms with Gasteiger partial charge in [0, 0.05) is 11.6 Å². The van der Waals surface area contributed by atoms with Crippen LogP contribution >= 0.6 is 0 Å². The number of nitrogens with one attached hydrogen (secondary N) is 1. The Hall–Kier alpha value is -1.06. The van der Waals surface area contributed by atoms with Crippen molar-refractivity contribution >= 4 is 0 Å². The van der Waals surface area contributed by atoms with Crippen LogP contribution in [-0.4, -0.2) is 39.7 Å². The van der Waals surface area contributed by atoms with E-state index in [2.05, 4.69) is 36.4 Å². The maximum absolute atomic E-state index is 5.38. The fourth-order valence-corrected chi connectivity index (χ4v) is 1.80. The zero-order valence-electron chi connectivity index (χ0n) is 10.7. The SMILES string of the molecule is CNC(CCN(C)C)c1ccccc1OC. The Kier molecular flexibility index (Phi) is 5.29. The van der Waals surface area contributed by atoms with Crippen molar-refractivity contribution in [2.75, 3.05) is 34.8 Å². The van der Waals surface area contributed by atoms with E-state index in [0.29, 0.717) is 6.04 Å². The molecule has 1 rings (SSSR count). The molecule has 0 aromatic heterocycles. The molecule has 0 heterocycles. The second-order valence-electron chi connectivity index (χ2n) is 4.18. The number of ether oxygens (including phenoxy) is 1. The number of hydrogen-bond acceptors (Lipinski definition) is 3. The first-order chi connectivity index (χ1) is 7.69. The van der Waals surface area contributed by atoms with Crippen LogP contribution in [-0.2, 0) is 0 Å². The van der Waals surface area contributed by atoms with Crippen LogP contribution in [0.1, 0.15) is 18.0 Å². The third-order valence-corrected chi connectivity index (χ3v) is 2.73. The molecular formula is C13H22N2O. The fraction of sp³-hybridized carbons (Fsp3) is 0.538. The molecule has 3 heteroatoms. The van der Waals surface area contributed by atoms with E-state index < -0.39 is 0 Å². The van der Waals surface area contributed by atoms with Crippen molar-refractivity contribution in [3.05, 3.63) is 29.8 Å². The number of methoxy groups -OCH3 is 1. The van der Waals surface area contributed by atoms with Crippen LogP contribution in [0.3, 0.4) is 0 Å². The van der Waals surface area contributed by atoms with Crippen molar-refractivity contribution in [3.8, 4) is 5.75 Å². The summed E-state index contributed by atoms with van der Waals surface area (Å²) in [4.78, 5) is 2.19. The highest BCUT2D eigenvalue weighted by atomic mass is 16.5. The summed E-state index contributed by atoms with van der Waals surface area (Å²) < 4.78 is 5.38. The van der Waals surface area contributed by atoms with Gasteiger partial charge >= 0.3 is 0 Å². The highest BCUT2D eigenvalue weighted by molar-refractivity contribution is 5.35. The minimum absolute atomic E-state index is 0.346. The minimum atomic E-state index is 0.346. The van der Waals surface area contributed by atoms with Crippen LogP contribution in [0.4, 0.5) is 0 Å². The summed E-state index contributed by atoms with van der Waals surface area (Å²) in [6, 6.07) is 8.53. The molecule has 1 aromatic carbocycles. The van der Waals surface area contributed by atoms with E-state index >= 15 is 0 Å². The van der Waals surface area contributed by atoms with Crippen LogP contribution in [0.25, 0.3) is 0 Å². The van der Waals surface area contributed by atoms with Gasteiger partial charge in [0.05, 0.1) is 7.11 Å². The molecule has 0 spiro atoms. The molecule has 1 aromatic rings. The van der Waals surface area contributed by atoms with Gasteiger partial charge in [-0.2, -0.15) is 0 Å². The molecule has 0 amide bonds. The quantitative estimate of drug-likeness (QED) is 0.795. The average Bonchev–Trinajstić information content (AvgIpc) is 2.30. The zero-order valence-corrected chi connectivity index (χ0v) is 10.7. The van der Waals surface area contributed by atoms with Crippen LogP contribution in [0.15, 0.2) is 24.3 Å². The molecule has 0 aliphatic rings. The van der Waals surface area contributed by atoms with E-state index in [1.807, 2.05) is 19.2 Å². The fourth-order valence-electron chi connectivity index (χ4n) is 1.80. The van der Waals surface area contributed by atoms with Crippen molar-refractivity contribution in [2.45, 2.75) is 12.5 Å². The first-order valence-electron chi connectivity index (χ1n) is 5.64. The third-order valence-electron chi connectivity index (χ3n) is 2.73. The van der Waals surface area contributed by atoms with E-state index in [9.17, 15) is 0 Å². The molecule has 90 valence electrons. The van der Waals surface area contributed by atoms with Gasteiger partial charge in [-0.1, -0.05) is 18.2 Å². The van der Waals surface area contributed by atoms with Gasteiger partial charge in [-0.25, -0.2) is 0 Å². The standard InChI is InChI=1S/C13H22N2O/c1-14-12(9-10-15(2)3)11-7-5-6-8-13(11)16-4/h5-8,12,14H,9-10H2,1-4H3. The number of hydrogen-bond donors (Lipinski definition) is 1. The van der Waals surface area contributed by atoms with Gasteiger partial charge in [0.1, 0.15) is 5.75 Å². The molecule has 0 saturated carbocycles. The molecule has 3 nitrogen and oxygen atoms in total. The van der Waals surface area contributed by atoms with Crippen molar-refractivity contribution in [3.63, 3.8) is 0 Å². The summed E-state index contributed by atoms with van der Waals surface area (Å²) in [6.07, 6.45) is 1.07. The second-order valence-corrected chi connectivity index (χ2v) is 4.18.